The summed E-state index contributed by atoms with van der Waals surface area (Å²) in [5.41, 5.74) is 6.70. The maximum atomic E-state index is 11.9. The van der Waals surface area contributed by atoms with Crippen molar-refractivity contribution in [2.45, 2.75) is 19.4 Å². The van der Waals surface area contributed by atoms with E-state index in [1.807, 2.05) is 7.05 Å². The van der Waals surface area contributed by atoms with Crippen LogP contribution in [0, 0.1) is 0 Å². The summed E-state index contributed by atoms with van der Waals surface area (Å²) in [6.45, 7) is 2.19. The third kappa shape index (κ3) is 6.78. The summed E-state index contributed by atoms with van der Waals surface area (Å²) < 4.78 is 1.13. The predicted molar refractivity (Wildman–Crippen MR) is 92.0 cm³/mol. The van der Waals surface area contributed by atoms with Crippen molar-refractivity contribution < 1.29 is 4.79 Å². The summed E-state index contributed by atoms with van der Waals surface area (Å²) >= 11 is 9.94. The molecule has 0 spiro atoms. The number of halogens is 1. The molecule has 2 N–H and O–H groups in total. The van der Waals surface area contributed by atoms with Gasteiger partial charge in [-0.25, -0.2) is 0 Å². The minimum absolute atomic E-state index is 0.125. The number of carbonyl (C=O) groups is 1. The second kappa shape index (κ2) is 8.71. The number of nitrogens with two attached hydrogens (primary N) is 1. The maximum absolute atomic E-state index is 11.9. The lowest BCUT2D eigenvalue weighted by Gasteiger charge is -2.20. The molecule has 0 unspecified atom stereocenters. The van der Waals surface area contributed by atoms with Gasteiger partial charge in [0, 0.05) is 39.5 Å². The van der Waals surface area contributed by atoms with Crippen molar-refractivity contribution in [2.75, 3.05) is 27.2 Å². The average molecular weight is 378 g/mol. The lowest BCUT2D eigenvalue weighted by atomic mass is 10.3. The Morgan fingerprint density at radius 3 is 2.65 bits per heavy atom. The van der Waals surface area contributed by atoms with Crippen LogP contribution in [0.1, 0.15) is 18.4 Å². The monoisotopic (exact) mass is 377 g/mol. The van der Waals surface area contributed by atoms with Crippen molar-refractivity contribution in [2.24, 2.45) is 5.73 Å². The van der Waals surface area contributed by atoms with Crippen molar-refractivity contribution in [1.29, 1.82) is 0 Å². The fraction of sp³-hybridized carbons (Fsp3) is 0.538. The normalized spacial score (nSPS) is 10.8. The maximum Gasteiger partial charge on any atom is 0.223 e. The van der Waals surface area contributed by atoms with E-state index in [0.717, 1.165) is 16.9 Å². The molecule has 20 heavy (non-hydrogen) atoms. The van der Waals surface area contributed by atoms with Crippen molar-refractivity contribution >= 4 is 50.4 Å². The molecule has 1 aromatic heterocycles. The number of amides is 1. The molecule has 0 aromatic carbocycles. The lowest BCUT2D eigenvalue weighted by molar-refractivity contribution is -0.130. The highest BCUT2D eigenvalue weighted by atomic mass is 79.9. The number of carbonyl (C=O) groups excluding carboxylic acids is 1. The van der Waals surface area contributed by atoms with Crippen LogP contribution in [0.2, 0.25) is 0 Å². The van der Waals surface area contributed by atoms with Crippen molar-refractivity contribution in [3.05, 3.63) is 20.8 Å². The van der Waals surface area contributed by atoms with Gasteiger partial charge in [0.25, 0.3) is 0 Å². The van der Waals surface area contributed by atoms with E-state index < -0.39 is 0 Å². The molecule has 0 aliphatic carbocycles. The lowest BCUT2D eigenvalue weighted by Crippen LogP contribution is -2.32. The van der Waals surface area contributed by atoms with Gasteiger partial charge >= 0.3 is 0 Å². The van der Waals surface area contributed by atoms with Crippen LogP contribution in [-0.4, -0.2) is 47.9 Å². The fourth-order valence-electron chi connectivity index (χ4n) is 1.70. The van der Waals surface area contributed by atoms with Crippen LogP contribution in [0.25, 0.3) is 0 Å². The summed E-state index contributed by atoms with van der Waals surface area (Å²) in [4.78, 5) is 16.2. The number of thiophene rings is 1. The van der Waals surface area contributed by atoms with Crippen LogP contribution in [0.4, 0.5) is 0 Å². The van der Waals surface area contributed by atoms with Crippen molar-refractivity contribution in [3.63, 3.8) is 0 Å². The highest BCUT2D eigenvalue weighted by molar-refractivity contribution is 9.11. The number of nitrogens with zero attached hydrogens (tertiary/aromatic N) is 2. The zero-order valence-corrected chi connectivity index (χ0v) is 15.0. The Morgan fingerprint density at radius 2 is 2.10 bits per heavy atom. The summed E-state index contributed by atoms with van der Waals surface area (Å²) in [6.07, 6.45) is 1.09. The van der Waals surface area contributed by atoms with Gasteiger partial charge in [-0.2, -0.15) is 0 Å². The van der Waals surface area contributed by atoms with Gasteiger partial charge < -0.3 is 15.5 Å². The Labute approximate surface area is 138 Å². The molecule has 4 nitrogen and oxygen atoms in total. The zero-order valence-electron chi connectivity index (χ0n) is 11.8. The Kier molecular flexibility index (Phi) is 7.65. The molecule has 0 bridgehead atoms. The van der Waals surface area contributed by atoms with Crippen LogP contribution in [-0.2, 0) is 11.3 Å². The SMILES string of the molecule is CN(CCC(=O)N(C)CCC(N)=S)Cc1csc(Br)c1. The molecule has 0 atom stereocenters. The largest absolute Gasteiger partial charge is 0.393 e. The summed E-state index contributed by atoms with van der Waals surface area (Å²) in [7, 11) is 3.81. The summed E-state index contributed by atoms with van der Waals surface area (Å²) in [5, 5.41) is 2.12. The Balaban J connectivity index is 2.27. The quantitative estimate of drug-likeness (QED) is 0.706. The number of hydrogen-bond acceptors (Lipinski definition) is 4. The van der Waals surface area contributed by atoms with Gasteiger partial charge in [0.05, 0.1) is 8.77 Å². The fourth-order valence-corrected chi connectivity index (χ4v) is 2.99. The highest BCUT2D eigenvalue weighted by Crippen LogP contribution is 2.21. The van der Waals surface area contributed by atoms with Crippen LogP contribution in [0.5, 0.6) is 0 Å². The van der Waals surface area contributed by atoms with E-state index in [1.165, 1.54) is 5.56 Å². The highest BCUT2D eigenvalue weighted by Gasteiger charge is 2.10. The van der Waals surface area contributed by atoms with Gasteiger partial charge in [-0.1, -0.05) is 12.2 Å². The number of rotatable bonds is 8. The standard InChI is InChI=1S/C13H20BrN3OS2/c1-16(8-10-7-11(14)20-9-10)5-4-13(18)17(2)6-3-12(15)19/h7,9H,3-6,8H2,1-2H3,(H2,15,19). The molecular formula is C13H20BrN3OS2. The zero-order chi connectivity index (χ0) is 15.1. The van der Waals surface area contributed by atoms with Crippen molar-refractivity contribution in [3.8, 4) is 0 Å². The van der Waals surface area contributed by atoms with Gasteiger partial charge in [-0.05, 0) is 40.0 Å². The third-order valence-corrected chi connectivity index (χ3v) is 4.66. The smallest absolute Gasteiger partial charge is 0.223 e. The van der Waals surface area contributed by atoms with Gasteiger partial charge in [-0.15, -0.1) is 11.3 Å². The average Bonchev–Trinajstić information content (AvgIpc) is 2.78. The predicted octanol–water partition coefficient (Wildman–Crippen LogP) is 2.47. The Hall–Kier alpha value is -0.500. The van der Waals surface area contributed by atoms with Gasteiger partial charge in [0.15, 0.2) is 0 Å². The summed E-state index contributed by atoms with van der Waals surface area (Å²) in [5.74, 6) is 0.125. The molecule has 0 radical (unpaired) electrons. The first-order valence-corrected chi connectivity index (χ1v) is 8.40. The first kappa shape index (κ1) is 17.6. The van der Waals surface area contributed by atoms with E-state index in [-0.39, 0.29) is 5.91 Å². The van der Waals surface area contributed by atoms with Crippen LogP contribution < -0.4 is 5.73 Å². The molecule has 1 aromatic rings. The molecule has 112 valence electrons. The van der Waals surface area contributed by atoms with E-state index in [2.05, 4.69) is 32.3 Å². The van der Waals surface area contributed by atoms with Crippen molar-refractivity contribution in [1.82, 2.24) is 9.80 Å². The molecule has 1 rings (SSSR count). The molecule has 7 heteroatoms. The van der Waals surface area contributed by atoms with Crippen LogP contribution in [0.15, 0.2) is 15.2 Å². The van der Waals surface area contributed by atoms with E-state index >= 15 is 0 Å². The minimum Gasteiger partial charge on any atom is -0.393 e. The van der Waals surface area contributed by atoms with E-state index in [1.54, 1.807) is 23.3 Å². The van der Waals surface area contributed by atoms with Crippen LogP contribution in [0.3, 0.4) is 0 Å². The van der Waals surface area contributed by atoms with E-state index in [9.17, 15) is 4.79 Å². The van der Waals surface area contributed by atoms with Gasteiger partial charge in [0.2, 0.25) is 5.91 Å². The Morgan fingerprint density at radius 1 is 1.40 bits per heavy atom. The molecule has 0 fully saturated rings. The minimum atomic E-state index is 0.125. The molecule has 1 amide bonds. The second-order valence-corrected chi connectivity index (χ2v) is 7.59. The molecule has 0 aliphatic heterocycles. The molecule has 0 saturated carbocycles. The van der Waals surface area contributed by atoms with Gasteiger partial charge in [0.1, 0.15) is 0 Å². The number of hydrogen-bond donors (Lipinski definition) is 1. The van der Waals surface area contributed by atoms with Gasteiger partial charge in [-0.3, -0.25) is 4.79 Å². The molecule has 0 saturated heterocycles. The molecule has 0 aliphatic rings. The third-order valence-electron chi connectivity index (χ3n) is 2.90. The molecule has 1 heterocycles. The number of thiocarbonyl (C=S) groups is 1. The van der Waals surface area contributed by atoms with E-state index in [4.69, 9.17) is 18.0 Å². The first-order chi connectivity index (χ1) is 9.38. The summed E-state index contributed by atoms with van der Waals surface area (Å²) in [6, 6.07) is 2.11. The molecular weight excluding hydrogens is 358 g/mol. The Bertz CT molecular complexity index is 464. The first-order valence-electron chi connectivity index (χ1n) is 6.32. The van der Waals surface area contributed by atoms with Crippen LogP contribution >= 0.6 is 39.5 Å². The van der Waals surface area contributed by atoms with E-state index in [0.29, 0.717) is 24.4 Å². The topological polar surface area (TPSA) is 49.6 Å². The second-order valence-electron chi connectivity index (χ2n) is 4.78.